The highest BCUT2D eigenvalue weighted by molar-refractivity contribution is 5.69. The average molecular weight is 216 g/mol. The lowest BCUT2D eigenvalue weighted by molar-refractivity contribution is -0.158. The van der Waals surface area contributed by atoms with Crippen LogP contribution in [-0.2, 0) is 14.3 Å². The van der Waals surface area contributed by atoms with Gasteiger partial charge in [0.1, 0.15) is 5.60 Å². The molecule has 0 aromatic carbocycles. The lowest BCUT2D eigenvalue weighted by Crippen LogP contribution is -2.31. The van der Waals surface area contributed by atoms with Gasteiger partial charge in [0, 0.05) is 12.8 Å². The number of ether oxygens (including phenoxy) is 2. The number of hydrogen-bond donors (Lipinski definition) is 0. The first-order valence-corrected chi connectivity index (χ1v) is 5.52. The predicted molar refractivity (Wildman–Crippen MR) is 60.8 cm³/mol. The van der Waals surface area contributed by atoms with Crippen molar-refractivity contribution in [2.24, 2.45) is 0 Å². The SMILES string of the molecule is CCC(=O)OC(C)(C)CCOC(C)(C)C. The number of rotatable bonds is 5. The Morgan fingerprint density at radius 1 is 1.13 bits per heavy atom. The molecule has 0 aromatic heterocycles. The number of carbonyl (C=O) groups is 1. The third-order valence-corrected chi connectivity index (χ3v) is 1.92. The van der Waals surface area contributed by atoms with E-state index in [0.29, 0.717) is 13.0 Å². The molecule has 0 aromatic rings. The van der Waals surface area contributed by atoms with E-state index in [9.17, 15) is 4.79 Å². The Balaban J connectivity index is 3.89. The first-order valence-electron chi connectivity index (χ1n) is 5.52. The van der Waals surface area contributed by atoms with Crippen LogP contribution in [0.5, 0.6) is 0 Å². The van der Waals surface area contributed by atoms with Gasteiger partial charge < -0.3 is 9.47 Å². The van der Waals surface area contributed by atoms with Crippen LogP contribution in [0.3, 0.4) is 0 Å². The Morgan fingerprint density at radius 3 is 2.07 bits per heavy atom. The van der Waals surface area contributed by atoms with E-state index in [1.54, 1.807) is 6.92 Å². The van der Waals surface area contributed by atoms with Crippen LogP contribution in [0.4, 0.5) is 0 Å². The molecular weight excluding hydrogens is 192 g/mol. The summed E-state index contributed by atoms with van der Waals surface area (Å²) in [4.78, 5) is 11.1. The van der Waals surface area contributed by atoms with Crippen LogP contribution in [0, 0.1) is 0 Å². The van der Waals surface area contributed by atoms with Gasteiger partial charge in [-0.1, -0.05) is 6.92 Å². The summed E-state index contributed by atoms with van der Waals surface area (Å²) in [6, 6.07) is 0. The summed E-state index contributed by atoms with van der Waals surface area (Å²) in [5, 5.41) is 0. The molecule has 0 aliphatic carbocycles. The largest absolute Gasteiger partial charge is 0.460 e. The van der Waals surface area contributed by atoms with Crippen LogP contribution in [0.15, 0.2) is 0 Å². The van der Waals surface area contributed by atoms with Crippen LogP contribution in [0.25, 0.3) is 0 Å². The third kappa shape index (κ3) is 8.43. The van der Waals surface area contributed by atoms with E-state index in [0.717, 1.165) is 6.42 Å². The zero-order valence-electron chi connectivity index (χ0n) is 10.8. The summed E-state index contributed by atoms with van der Waals surface area (Å²) >= 11 is 0. The zero-order chi connectivity index (χ0) is 12.1. The molecule has 0 N–H and O–H groups in total. The van der Waals surface area contributed by atoms with E-state index in [4.69, 9.17) is 9.47 Å². The molecule has 0 aliphatic rings. The molecule has 15 heavy (non-hydrogen) atoms. The molecule has 0 saturated heterocycles. The number of hydrogen-bond acceptors (Lipinski definition) is 3. The van der Waals surface area contributed by atoms with E-state index in [1.165, 1.54) is 0 Å². The first-order chi connectivity index (χ1) is 6.66. The molecule has 0 unspecified atom stereocenters. The molecule has 3 heteroatoms. The molecule has 0 radical (unpaired) electrons. The molecule has 0 aliphatic heterocycles. The maximum Gasteiger partial charge on any atom is 0.306 e. The molecular formula is C12H24O3. The normalized spacial score (nSPS) is 12.7. The Morgan fingerprint density at radius 2 is 1.67 bits per heavy atom. The van der Waals surface area contributed by atoms with Crippen molar-refractivity contribution in [3.8, 4) is 0 Å². The number of esters is 1. The Bertz CT molecular complexity index is 201. The van der Waals surface area contributed by atoms with Crippen molar-refractivity contribution in [2.75, 3.05) is 6.61 Å². The maximum atomic E-state index is 11.1. The molecule has 0 bridgehead atoms. The second-order valence-electron chi connectivity index (χ2n) is 5.30. The predicted octanol–water partition coefficient (Wildman–Crippen LogP) is 2.92. The summed E-state index contributed by atoms with van der Waals surface area (Å²) in [7, 11) is 0. The van der Waals surface area contributed by atoms with Gasteiger partial charge in [0.25, 0.3) is 0 Å². The Labute approximate surface area is 93.1 Å². The van der Waals surface area contributed by atoms with Crippen LogP contribution in [0.2, 0.25) is 0 Å². The van der Waals surface area contributed by atoms with Gasteiger partial charge in [-0.05, 0) is 34.6 Å². The maximum absolute atomic E-state index is 11.1. The van der Waals surface area contributed by atoms with Crippen LogP contribution in [-0.4, -0.2) is 23.8 Å². The Kier molecular flexibility index (Phi) is 5.29. The van der Waals surface area contributed by atoms with E-state index < -0.39 is 5.60 Å². The van der Waals surface area contributed by atoms with E-state index in [1.807, 2.05) is 34.6 Å². The lowest BCUT2D eigenvalue weighted by atomic mass is 10.1. The molecule has 3 nitrogen and oxygen atoms in total. The van der Waals surface area contributed by atoms with Crippen molar-refractivity contribution < 1.29 is 14.3 Å². The van der Waals surface area contributed by atoms with E-state index in [2.05, 4.69) is 0 Å². The van der Waals surface area contributed by atoms with Crippen LogP contribution < -0.4 is 0 Å². The minimum absolute atomic E-state index is 0.134. The molecule has 0 saturated carbocycles. The fourth-order valence-electron chi connectivity index (χ4n) is 1.03. The second-order valence-corrected chi connectivity index (χ2v) is 5.30. The third-order valence-electron chi connectivity index (χ3n) is 1.92. The van der Waals surface area contributed by atoms with Gasteiger partial charge in [0.05, 0.1) is 12.2 Å². The molecule has 0 atom stereocenters. The second kappa shape index (κ2) is 5.50. The molecule has 0 heterocycles. The van der Waals surface area contributed by atoms with Crippen molar-refractivity contribution in [3.05, 3.63) is 0 Å². The van der Waals surface area contributed by atoms with Crippen molar-refractivity contribution in [2.45, 2.75) is 65.6 Å². The first kappa shape index (κ1) is 14.4. The highest BCUT2D eigenvalue weighted by Gasteiger charge is 2.23. The fourth-order valence-corrected chi connectivity index (χ4v) is 1.03. The molecule has 0 rings (SSSR count). The summed E-state index contributed by atoms with van der Waals surface area (Å²) in [6.45, 7) is 12.3. The Hall–Kier alpha value is -0.570. The standard InChI is InChI=1S/C12H24O3/c1-7-10(13)15-12(5,6)8-9-14-11(2,3)4/h7-9H2,1-6H3. The van der Waals surface area contributed by atoms with Crippen LogP contribution >= 0.6 is 0 Å². The lowest BCUT2D eigenvalue weighted by Gasteiger charge is -2.27. The van der Waals surface area contributed by atoms with Gasteiger partial charge in [-0.15, -0.1) is 0 Å². The smallest absolute Gasteiger partial charge is 0.306 e. The summed E-state index contributed by atoms with van der Waals surface area (Å²) in [6.07, 6.45) is 1.14. The van der Waals surface area contributed by atoms with Gasteiger partial charge in [0.2, 0.25) is 0 Å². The minimum Gasteiger partial charge on any atom is -0.460 e. The highest BCUT2D eigenvalue weighted by Crippen LogP contribution is 2.17. The molecule has 0 amide bonds. The van der Waals surface area contributed by atoms with Crippen molar-refractivity contribution in [3.63, 3.8) is 0 Å². The molecule has 90 valence electrons. The minimum atomic E-state index is -0.432. The van der Waals surface area contributed by atoms with Gasteiger partial charge in [-0.25, -0.2) is 0 Å². The highest BCUT2D eigenvalue weighted by atomic mass is 16.6. The van der Waals surface area contributed by atoms with Gasteiger partial charge in [-0.3, -0.25) is 4.79 Å². The van der Waals surface area contributed by atoms with E-state index in [-0.39, 0.29) is 11.6 Å². The van der Waals surface area contributed by atoms with Crippen molar-refractivity contribution in [1.82, 2.24) is 0 Å². The summed E-state index contributed by atoms with van der Waals surface area (Å²) in [5.41, 5.74) is -0.566. The topological polar surface area (TPSA) is 35.5 Å². The fraction of sp³-hybridized carbons (Fsp3) is 0.917. The van der Waals surface area contributed by atoms with Gasteiger partial charge in [0.15, 0.2) is 0 Å². The molecule has 0 spiro atoms. The quantitative estimate of drug-likeness (QED) is 0.663. The number of carbonyl (C=O) groups excluding carboxylic acids is 1. The van der Waals surface area contributed by atoms with Gasteiger partial charge in [-0.2, -0.15) is 0 Å². The summed E-state index contributed by atoms with van der Waals surface area (Å²) < 4.78 is 10.9. The zero-order valence-corrected chi connectivity index (χ0v) is 10.8. The van der Waals surface area contributed by atoms with Gasteiger partial charge >= 0.3 is 5.97 Å². The monoisotopic (exact) mass is 216 g/mol. The van der Waals surface area contributed by atoms with Crippen LogP contribution in [0.1, 0.15) is 54.4 Å². The van der Waals surface area contributed by atoms with Crippen molar-refractivity contribution >= 4 is 5.97 Å². The molecule has 0 fully saturated rings. The van der Waals surface area contributed by atoms with E-state index >= 15 is 0 Å². The average Bonchev–Trinajstić information content (AvgIpc) is 2.00. The summed E-state index contributed by atoms with van der Waals surface area (Å²) in [5.74, 6) is -0.157. The van der Waals surface area contributed by atoms with Crippen molar-refractivity contribution in [1.29, 1.82) is 0 Å².